The second-order valence-corrected chi connectivity index (χ2v) is 7.33. The third-order valence-electron chi connectivity index (χ3n) is 5.80. The Balaban J connectivity index is 1.78. The van der Waals surface area contributed by atoms with E-state index in [1.54, 1.807) is 16.8 Å². The second-order valence-electron chi connectivity index (χ2n) is 7.33. The lowest BCUT2D eigenvalue weighted by Crippen LogP contribution is -2.53. The van der Waals surface area contributed by atoms with Gasteiger partial charge in [-0.2, -0.15) is 4.68 Å². The first-order valence-electron chi connectivity index (χ1n) is 9.49. The van der Waals surface area contributed by atoms with Gasteiger partial charge >= 0.3 is 0 Å². The van der Waals surface area contributed by atoms with Gasteiger partial charge in [-0.1, -0.05) is 19.3 Å². The number of nitro benzene ring substituents is 1. The molecule has 9 heteroatoms. The van der Waals surface area contributed by atoms with Gasteiger partial charge in [-0.3, -0.25) is 15.0 Å². The molecular weight excluding hydrogens is 348 g/mol. The standard InChI is InChI=1S/C18H24N6O3/c1-14-13-15(24(25)26)5-6-16(14)23-17(19-20-21-23)18(7-3-2-4-8-18)22-9-11-27-12-10-22/h5-6,13H,2-4,7-12H2,1H3. The monoisotopic (exact) mass is 372 g/mol. The van der Waals surface area contributed by atoms with Gasteiger partial charge in [0.25, 0.3) is 5.69 Å². The Hall–Kier alpha value is -2.39. The highest BCUT2D eigenvalue weighted by atomic mass is 16.6. The van der Waals surface area contributed by atoms with Crippen LogP contribution in [0.4, 0.5) is 5.69 Å². The molecule has 1 aromatic heterocycles. The van der Waals surface area contributed by atoms with E-state index in [9.17, 15) is 10.1 Å². The highest BCUT2D eigenvalue weighted by Crippen LogP contribution is 2.42. The van der Waals surface area contributed by atoms with Crippen molar-refractivity contribution in [1.82, 2.24) is 25.1 Å². The van der Waals surface area contributed by atoms with Crippen molar-refractivity contribution in [1.29, 1.82) is 0 Å². The van der Waals surface area contributed by atoms with Crippen molar-refractivity contribution >= 4 is 5.69 Å². The number of tetrazole rings is 1. The van der Waals surface area contributed by atoms with E-state index in [0.717, 1.165) is 69.1 Å². The molecule has 0 N–H and O–H groups in total. The molecule has 0 radical (unpaired) electrons. The van der Waals surface area contributed by atoms with Crippen LogP contribution in [0.3, 0.4) is 0 Å². The van der Waals surface area contributed by atoms with Crippen LogP contribution in [0.2, 0.25) is 0 Å². The summed E-state index contributed by atoms with van der Waals surface area (Å²) >= 11 is 0. The summed E-state index contributed by atoms with van der Waals surface area (Å²) in [7, 11) is 0. The number of hydrogen-bond acceptors (Lipinski definition) is 7. The average molecular weight is 372 g/mol. The number of benzene rings is 1. The highest BCUT2D eigenvalue weighted by Gasteiger charge is 2.44. The number of aromatic nitrogens is 4. The van der Waals surface area contributed by atoms with Crippen molar-refractivity contribution in [3.05, 3.63) is 39.7 Å². The van der Waals surface area contributed by atoms with Gasteiger partial charge in [0.05, 0.1) is 29.4 Å². The number of morpholine rings is 1. The number of aryl methyl sites for hydroxylation is 1. The van der Waals surface area contributed by atoms with E-state index in [-0.39, 0.29) is 16.1 Å². The number of ether oxygens (including phenoxy) is 1. The fourth-order valence-electron chi connectivity index (χ4n) is 4.44. The molecule has 0 spiro atoms. The largest absolute Gasteiger partial charge is 0.379 e. The summed E-state index contributed by atoms with van der Waals surface area (Å²) in [6.07, 6.45) is 5.54. The number of nitrogens with zero attached hydrogens (tertiary/aromatic N) is 6. The molecule has 1 saturated carbocycles. The zero-order chi connectivity index (χ0) is 18.9. The molecule has 27 heavy (non-hydrogen) atoms. The molecule has 1 aromatic carbocycles. The van der Waals surface area contributed by atoms with Crippen LogP contribution in [-0.2, 0) is 10.3 Å². The smallest absolute Gasteiger partial charge is 0.269 e. The average Bonchev–Trinajstić information content (AvgIpc) is 3.19. The van der Waals surface area contributed by atoms with E-state index >= 15 is 0 Å². The Kier molecular flexibility index (Phi) is 4.88. The van der Waals surface area contributed by atoms with Crippen molar-refractivity contribution in [2.24, 2.45) is 0 Å². The first-order chi connectivity index (χ1) is 13.1. The second kappa shape index (κ2) is 7.32. The molecular formula is C18H24N6O3. The van der Waals surface area contributed by atoms with Crippen molar-refractivity contribution in [3.63, 3.8) is 0 Å². The predicted octanol–water partition coefficient (Wildman–Crippen LogP) is 2.37. The van der Waals surface area contributed by atoms with Gasteiger partial charge in [0.1, 0.15) is 0 Å². The van der Waals surface area contributed by atoms with Crippen molar-refractivity contribution < 1.29 is 9.66 Å². The van der Waals surface area contributed by atoms with Crippen LogP contribution in [0.5, 0.6) is 0 Å². The molecule has 0 amide bonds. The van der Waals surface area contributed by atoms with Crippen LogP contribution >= 0.6 is 0 Å². The number of nitro groups is 1. The first-order valence-corrected chi connectivity index (χ1v) is 9.49. The lowest BCUT2D eigenvalue weighted by molar-refractivity contribution is -0.384. The van der Waals surface area contributed by atoms with Crippen LogP contribution in [0.1, 0.15) is 43.5 Å². The molecule has 2 heterocycles. The summed E-state index contributed by atoms with van der Waals surface area (Å²) in [5.74, 6) is 0.834. The lowest BCUT2D eigenvalue weighted by Gasteiger charge is -2.46. The van der Waals surface area contributed by atoms with Gasteiger partial charge < -0.3 is 4.74 Å². The molecule has 1 aliphatic heterocycles. The van der Waals surface area contributed by atoms with Gasteiger partial charge in [0, 0.05) is 25.2 Å². The highest BCUT2D eigenvalue weighted by molar-refractivity contribution is 5.47. The summed E-state index contributed by atoms with van der Waals surface area (Å²) in [5.41, 5.74) is 1.44. The summed E-state index contributed by atoms with van der Waals surface area (Å²) in [4.78, 5) is 13.2. The Morgan fingerprint density at radius 3 is 2.59 bits per heavy atom. The maximum atomic E-state index is 11.1. The van der Waals surface area contributed by atoms with Crippen molar-refractivity contribution in [2.45, 2.75) is 44.6 Å². The van der Waals surface area contributed by atoms with Crippen LogP contribution in [0, 0.1) is 17.0 Å². The molecule has 9 nitrogen and oxygen atoms in total. The van der Waals surface area contributed by atoms with Gasteiger partial charge in [-0.05, 0) is 41.8 Å². The van der Waals surface area contributed by atoms with E-state index in [2.05, 4.69) is 20.4 Å². The summed E-state index contributed by atoms with van der Waals surface area (Å²) in [6, 6.07) is 4.82. The maximum absolute atomic E-state index is 11.1. The van der Waals surface area contributed by atoms with Crippen LogP contribution < -0.4 is 0 Å². The van der Waals surface area contributed by atoms with Crippen molar-refractivity contribution in [2.75, 3.05) is 26.3 Å². The molecule has 4 rings (SSSR count). The van der Waals surface area contributed by atoms with E-state index in [0.29, 0.717) is 0 Å². The van der Waals surface area contributed by atoms with E-state index < -0.39 is 0 Å². The maximum Gasteiger partial charge on any atom is 0.269 e. The Labute approximate surface area is 157 Å². The third-order valence-corrected chi connectivity index (χ3v) is 5.80. The topological polar surface area (TPSA) is 99.2 Å². The normalized spacial score (nSPS) is 20.5. The Bertz CT molecular complexity index is 824. The Morgan fingerprint density at radius 1 is 1.19 bits per heavy atom. The summed E-state index contributed by atoms with van der Waals surface area (Å²) < 4.78 is 7.34. The van der Waals surface area contributed by atoms with Crippen LogP contribution in [0.25, 0.3) is 5.69 Å². The minimum absolute atomic E-state index is 0.0754. The molecule has 2 aromatic rings. The minimum atomic E-state index is -0.381. The van der Waals surface area contributed by atoms with E-state index in [1.165, 1.54) is 12.5 Å². The van der Waals surface area contributed by atoms with Crippen LogP contribution in [0.15, 0.2) is 18.2 Å². The lowest BCUT2D eigenvalue weighted by atomic mass is 9.79. The molecule has 2 aliphatic rings. The molecule has 0 bridgehead atoms. The van der Waals surface area contributed by atoms with Gasteiger partial charge in [-0.25, -0.2) is 0 Å². The van der Waals surface area contributed by atoms with Crippen LogP contribution in [-0.4, -0.2) is 56.3 Å². The number of non-ortho nitro benzene ring substituents is 1. The Morgan fingerprint density at radius 2 is 1.93 bits per heavy atom. The summed E-state index contributed by atoms with van der Waals surface area (Å²) in [6.45, 7) is 5.04. The van der Waals surface area contributed by atoms with Gasteiger partial charge in [0.2, 0.25) is 0 Å². The van der Waals surface area contributed by atoms with Gasteiger partial charge in [-0.15, -0.1) is 5.10 Å². The number of rotatable bonds is 4. The first kappa shape index (κ1) is 18.0. The predicted molar refractivity (Wildman–Crippen MR) is 97.7 cm³/mol. The summed E-state index contributed by atoms with van der Waals surface area (Å²) in [5, 5.41) is 23.8. The van der Waals surface area contributed by atoms with E-state index in [4.69, 9.17) is 4.74 Å². The molecule has 1 saturated heterocycles. The fourth-order valence-corrected chi connectivity index (χ4v) is 4.44. The molecule has 144 valence electrons. The van der Waals surface area contributed by atoms with Gasteiger partial charge in [0.15, 0.2) is 5.82 Å². The van der Waals surface area contributed by atoms with E-state index in [1.807, 2.05) is 6.92 Å². The third kappa shape index (κ3) is 3.21. The number of hydrogen-bond donors (Lipinski definition) is 0. The van der Waals surface area contributed by atoms with Crippen molar-refractivity contribution in [3.8, 4) is 5.69 Å². The molecule has 0 unspecified atom stereocenters. The fraction of sp³-hybridized carbons (Fsp3) is 0.611. The molecule has 2 fully saturated rings. The molecule has 0 atom stereocenters. The minimum Gasteiger partial charge on any atom is -0.379 e. The zero-order valence-corrected chi connectivity index (χ0v) is 15.5. The quantitative estimate of drug-likeness (QED) is 0.600. The zero-order valence-electron chi connectivity index (χ0n) is 15.5. The molecule has 1 aliphatic carbocycles. The SMILES string of the molecule is Cc1cc([N+](=O)[O-])ccc1-n1nnnc1C1(N2CCOCC2)CCCCC1.